The van der Waals surface area contributed by atoms with E-state index in [0.717, 1.165) is 31.5 Å². The highest BCUT2D eigenvalue weighted by Gasteiger charge is 2.35. The lowest BCUT2D eigenvalue weighted by Gasteiger charge is -2.34. The van der Waals surface area contributed by atoms with E-state index in [-0.39, 0.29) is 11.9 Å². The summed E-state index contributed by atoms with van der Waals surface area (Å²) in [6.07, 6.45) is 4.31. The van der Waals surface area contributed by atoms with Crippen LogP contribution in [-0.4, -0.2) is 42.5 Å². The van der Waals surface area contributed by atoms with E-state index >= 15 is 0 Å². The second kappa shape index (κ2) is 6.06. The van der Waals surface area contributed by atoms with Gasteiger partial charge in [-0.05, 0) is 37.4 Å². The molecule has 2 unspecified atom stereocenters. The van der Waals surface area contributed by atoms with Crippen LogP contribution in [0.2, 0.25) is 0 Å². The summed E-state index contributed by atoms with van der Waals surface area (Å²) < 4.78 is 5.82. The van der Waals surface area contributed by atoms with E-state index in [4.69, 9.17) is 4.74 Å². The maximum Gasteiger partial charge on any atom is 0.192 e. The van der Waals surface area contributed by atoms with Crippen LogP contribution < -0.4 is 0 Å². The smallest absolute Gasteiger partial charge is 0.192 e. The number of morpholine rings is 1. The van der Waals surface area contributed by atoms with Gasteiger partial charge in [0.15, 0.2) is 5.78 Å². The number of hydrogen-bond donors (Lipinski definition) is 0. The molecule has 0 spiro atoms. The normalized spacial score (nSPS) is 26.4. The van der Waals surface area contributed by atoms with Crippen LogP contribution in [0.15, 0.2) is 24.3 Å². The summed E-state index contributed by atoms with van der Waals surface area (Å²) in [5.74, 6) is 0.147. The Hall–Kier alpha value is -1.19. The van der Waals surface area contributed by atoms with Crippen molar-refractivity contribution in [3.8, 4) is 0 Å². The minimum Gasteiger partial charge on any atom is -0.367 e. The second-order valence-electron chi connectivity index (χ2n) is 5.93. The Balaban J connectivity index is 1.70. The maximum atomic E-state index is 12.6. The molecule has 3 nitrogen and oxygen atoms in total. The summed E-state index contributed by atoms with van der Waals surface area (Å²) in [6, 6.07) is 8.58. The zero-order chi connectivity index (χ0) is 13.9. The van der Waals surface area contributed by atoms with Gasteiger partial charge in [0.05, 0.1) is 6.61 Å². The molecule has 1 aromatic carbocycles. The molecule has 0 radical (unpaired) electrons. The predicted octanol–water partition coefficient (Wildman–Crippen LogP) is 2.69. The average Bonchev–Trinajstić information content (AvgIpc) is 2.94. The molecule has 1 aromatic rings. The molecule has 0 N–H and O–H groups in total. The zero-order valence-corrected chi connectivity index (χ0v) is 12.2. The van der Waals surface area contributed by atoms with Crippen molar-refractivity contribution < 1.29 is 9.53 Å². The van der Waals surface area contributed by atoms with E-state index in [1.54, 1.807) is 0 Å². The Bertz CT molecular complexity index is 486. The van der Waals surface area contributed by atoms with Crippen LogP contribution in [0.4, 0.5) is 0 Å². The number of fused-ring (bicyclic) bond motifs is 1. The molecule has 2 heterocycles. The number of ether oxygens (including phenoxy) is 1. The summed E-state index contributed by atoms with van der Waals surface area (Å²) in [6.45, 7) is 4.76. The molecule has 0 aromatic heterocycles. The number of aryl methyl sites for hydroxylation is 1. The van der Waals surface area contributed by atoms with Crippen LogP contribution in [0.3, 0.4) is 0 Å². The van der Waals surface area contributed by atoms with Gasteiger partial charge in [0.25, 0.3) is 0 Å². The lowest BCUT2D eigenvalue weighted by molar-refractivity contribution is -0.0344. The Labute approximate surface area is 120 Å². The highest BCUT2D eigenvalue weighted by Crippen LogP contribution is 2.24. The van der Waals surface area contributed by atoms with Gasteiger partial charge in [0.2, 0.25) is 0 Å². The summed E-state index contributed by atoms with van der Waals surface area (Å²) >= 11 is 0. The van der Waals surface area contributed by atoms with E-state index in [1.165, 1.54) is 18.4 Å². The lowest BCUT2D eigenvalue weighted by atomic mass is 10.0. The first-order chi connectivity index (χ1) is 9.78. The molecule has 0 saturated carbocycles. The van der Waals surface area contributed by atoms with Gasteiger partial charge in [0, 0.05) is 18.2 Å². The van der Waals surface area contributed by atoms with Gasteiger partial charge in [0.1, 0.15) is 6.10 Å². The first-order valence-corrected chi connectivity index (χ1v) is 7.76. The van der Waals surface area contributed by atoms with Crippen molar-refractivity contribution in [3.63, 3.8) is 0 Å². The first-order valence-electron chi connectivity index (χ1n) is 7.76. The van der Waals surface area contributed by atoms with Crippen molar-refractivity contribution in [1.29, 1.82) is 0 Å². The Kier molecular flexibility index (Phi) is 4.18. The third kappa shape index (κ3) is 2.79. The number of benzene rings is 1. The fraction of sp³-hybridized carbons (Fsp3) is 0.588. The SMILES string of the molecule is CCCc1cccc(C(=O)C2CN3CCCC3CO2)c1. The molecular formula is C17H23NO2. The number of Topliss-reactive ketones (excluding diaryl/α,β-unsaturated/α-hetero) is 1. The molecule has 2 aliphatic rings. The number of rotatable bonds is 4. The number of hydrogen-bond acceptors (Lipinski definition) is 3. The van der Waals surface area contributed by atoms with Gasteiger partial charge in [-0.3, -0.25) is 9.69 Å². The topological polar surface area (TPSA) is 29.5 Å². The van der Waals surface area contributed by atoms with Crippen molar-refractivity contribution >= 4 is 5.78 Å². The Morgan fingerprint density at radius 3 is 3.20 bits per heavy atom. The average molecular weight is 273 g/mol. The molecule has 2 atom stereocenters. The second-order valence-corrected chi connectivity index (χ2v) is 5.93. The third-order valence-corrected chi connectivity index (χ3v) is 4.43. The van der Waals surface area contributed by atoms with Crippen molar-refractivity contribution in [2.24, 2.45) is 0 Å². The van der Waals surface area contributed by atoms with Gasteiger partial charge < -0.3 is 4.74 Å². The van der Waals surface area contributed by atoms with Crippen molar-refractivity contribution in [3.05, 3.63) is 35.4 Å². The van der Waals surface area contributed by atoms with E-state index in [1.807, 2.05) is 18.2 Å². The van der Waals surface area contributed by atoms with Crippen molar-refractivity contribution in [2.75, 3.05) is 19.7 Å². The third-order valence-electron chi connectivity index (χ3n) is 4.43. The Morgan fingerprint density at radius 2 is 2.35 bits per heavy atom. The molecule has 2 saturated heterocycles. The molecule has 2 fully saturated rings. The molecule has 3 rings (SSSR count). The largest absolute Gasteiger partial charge is 0.367 e. The van der Waals surface area contributed by atoms with Gasteiger partial charge in [-0.2, -0.15) is 0 Å². The lowest BCUT2D eigenvalue weighted by Crippen LogP contribution is -2.49. The highest BCUT2D eigenvalue weighted by molar-refractivity contribution is 5.99. The van der Waals surface area contributed by atoms with Gasteiger partial charge in [-0.1, -0.05) is 31.5 Å². The summed E-state index contributed by atoms with van der Waals surface area (Å²) in [5, 5.41) is 0. The van der Waals surface area contributed by atoms with Crippen LogP contribution in [0.25, 0.3) is 0 Å². The molecule has 0 aliphatic carbocycles. The number of carbonyl (C=O) groups excluding carboxylic acids is 1. The molecular weight excluding hydrogens is 250 g/mol. The number of ketones is 1. The van der Waals surface area contributed by atoms with E-state index in [0.29, 0.717) is 12.6 Å². The zero-order valence-electron chi connectivity index (χ0n) is 12.2. The summed E-state index contributed by atoms with van der Waals surface area (Å²) in [5.41, 5.74) is 2.05. The minimum absolute atomic E-state index is 0.147. The van der Waals surface area contributed by atoms with Gasteiger partial charge in [-0.25, -0.2) is 0 Å². The maximum absolute atomic E-state index is 12.6. The fourth-order valence-electron chi connectivity index (χ4n) is 3.33. The van der Waals surface area contributed by atoms with E-state index in [2.05, 4.69) is 17.9 Å². The quantitative estimate of drug-likeness (QED) is 0.790. The van der Waals surface area contributed by atoms with Crippen LogP contribution >= 0.6 is 0 Å². The van der Waals surface area contributed by atoms with E-state index < -0.39 is 0 Å². The predicted molar refractivity (Wildman–Crippen MR) is 79.1 cm³/mol. The molecule has 2 aliphatic heterocycles. The van der Waals surface area contributed by atoms with Crippen LogP contribution in [-0.2, 0) is 11.2 Å². The van der Waals surface area contributed by atoms with Gasteiger partial charge in [-0.15, -0.1) is 0 Å². The van der Waals surface area contributed by atoms with Crippen LogP contribution in [0.5, 0.6) is 0 Å². The molecule has 108 valence electrons. The summed E-state index contributed by atoms with van der Waals surface area (Å²) in [7, 11) is 0. The molecule has 20 heavy (non-hydrogen) atoms. The summed E-state index contributed by atoms with van der Waals surface area (Å²) in [4.78, 5) is 15.0. The molecule has 0 bridgehead atoms. The molecule has 3 heteroatoms. The van der Waals surface area contributed by atoms with E-state index in [9.17, 15) is 4.79 Å². The standard InChI is InChI=1S/C17H23NO2/c1-2-5-13-6-3-7-14(10-13)17(19)16-11-18-9-4-8-15(18)12-20-16/h3,6-7,10,15-16H,2,4-5,8-9,11-12H2,1H3. The van der Waals surface area contributed by atoms with Crippen LogP contribution in [0.1, 0.15) is 42.1 Å². The minimum atomic E-state index is -0.277. The highest BCUT2D eigenvalue weighted by atomic mass is 16.5. The molecule has 0 amide bonds. The number of carbonyl (C=O) groups is 1. The fourth-order valence-corrected chi connectivity index (χ4v) is 3.33. The van der Waals surface area contributed by atoms with Crippen LogP contribution in [0, 0.1) is 0 Å². The van der Waals surface area contributed by atoms with Crippen molar-refractivity contribution in [1.82, 2.24) is 4.90 Å². The number of nitrogens with zero attached hydrogens (tertiary/aromatic N) is 1. The first kappa shape index (κ1) is 13.8. The van der Waals surface area contributed by atoms with Crippen molar-refractivity contribution in [2.45, 2.75) is 44.8 Å². The van der Waals surface area contributed by atoms with Gasteiger partial charge >= 0.3 is 0 Å². The monoisotopic (exact) mass is 273 g/mol. The Morgan fingerprint density at radius 1 is 1.45 bits per heavy atom.